The van der Waals surface area contributed by atoms with E-state index in [0.717, 1.165) is 28.9 Å². The van der Waals surface area contributed by atoms with Crippen molar-refractivity contribution in [2.45, 2.75) is 13.3 Å². The van der Waals surface area contributed by atoms with Crippen LogP contribution in [0.15, 0.2) is 43.1 Å². The minimum absolute atomic E-state index is 0.227. The van der Waals surface area contributed by atoms with Crippen LogP contribution < -0.4 is 5.32 Å². The maximum absolute atomic E-state index is 11.4. The van der Waals surface area contributed by atoms with Crippen molar-refractivity contribution in [3.05, 3.63) is 52.5 Å². The molecule has 0 saturated heterocycles. The number of anilines is 1. The lowest BCUT2D eigenvalue weighted by molar-refractivity contribution is -0.111. The molecule has 0 aliphatic rings. The average Bonchev–Trinajstić information content (AvgIpc) is 2.47. The fraction of sp³-hybridized carbons (Fsp3) is 0.133. The molecule has 5 heteroatoms. The van der Waals surface area contributed by atoms with Crippen LogP contribution in [0.4, 0.5) is 5.69 Å². The lowest BCUT2D eigenvalue weighted by Crippen LogP contribution is -2.07. The molecule has 0 unspecified atom stereocenters. The summed E-state index contributed by atoms with van der Waals surface area (Å²) in [4.78, 5) is 20.1. The third-order valence-corrected chi connectivity index (χ3v) is 3.32. The van der Waals surface area contributed by atoms with Crippen molar-refractivity contribution >= 4 is 34.2 Å². The number of aryl methyl sites for hydroxylation is 1. The van der Waals surface area contributed by atoms with Crippen LogP contribution in [-0.2, 0) is 11.2 Å². The second kappa shape index (κ2) is 6.60. The zero-order chi connectivity index (χ0) is 14.5. The van der Waals surface area contributed by atoms with Gasteiger partial charge < -0.3 is 5.32 Å². The SMILES string of the molecule is C=CC(=O)Nc1cccc(-c2nc(I)ncc2CC)c1. The van der Waals surface area contributed by atoms with Gasteiger partial charge in [-0.15, -0.1) is 0 Å². The predicted octanol–water partition coefficient (Wildman–Crippen LogP) is 3.44. The summed E-state index contributed by atoms with van der Waals surface area (Å²) in [5.74, 6) is -0.227. The summed E-state index contributed by atoms with van der Waals surface area (Å²) in [6, 6.07) is 7.60. The first-order chi connectivity index (χ1) is 9.63. The van der Waals surface area contributed by atoms with E-state index >= 15 is 0 Å². The van der Waals surface area contributed by atoms with Crippen LogP contribution in [0.25, 0.3) is 11.3 Å². The number of nitrogens with zero attached hydrogens (tertiary/aromatic N) is 2. The van der Waals surface area contributed by atoms with E-state index in [1.165, 1.54) is 6.08 Å². The van der Waals surface area contributed by atoms with Crippen LogP contribution in [-0.4, -0.2) is 15.9 Å². The molecule has 0 aliphatic carbocycles. The van der Waals surface area contributed by atoms with Gasteiger partial charge in [-0.3, -0.25) is 4.79 Å². The fourth-order valence-corrected chi connectivity index (χ4v) is 2.21. The Bertz CT molecular complexity index is 655. The molecule has 1 heterocycles. The summed E-state index contributed by atoms with van der Waals surface area (Å²) in [6.07, 6.45) is 3.95. The third kappa shape index (κ3) is 3.41. The first kappa shape index (κ1) is 14.6. The monoisotopic (exact) mass is 379 g/mol. The minimum Gasteiger partial charge on any atom is -0.323 e. The molecule has 0 bridgehead atoms. The Labute approximate surface area is 131 Å². The first-order valence-electron chi connectivity index (χ1n) is 6.19. The number of carbonyl (C=O) groups is 1. The molecular weight excluding hydrogens is 365 g/mol. The number of hydrogen-bond donors (Lipinski definition) is 1. The Morgan fingerprint density at radius 3 is 3.00 bits per heavy atom. The Balaban J connectivity index is 2.42. The van der Waals surface area contributed by atoms with E-state index in [9.17, 15) is 4.79 Å². The van der Waals surface area contributed by atoms with Gasteiger partial charge in [0.25, 0.3) is 0 Å². The average molecular weight is 379 g/mol. The van der Waals surface area contributed by atoms with Crippen molar-refractivity contribution in [3.8, 4) is 11.3 Å². The molecule has 0 aliphatic heterocycles. The number of carbonyl (C=O) groups excluding carboxylic acids is 1. The van der Waals surface area contributed by atoms with Crippen LogP contribution in [0, 0.1) is 3.83 Å². The molecule has 4 nitrogen and oxygen atoms in total. The summed E-state index contributed by atoms with van der Waals surface area (Å²) >= 11 is 2.09. The summed E-state index contributed by atoms with van der Waals surface area (Å²) in [5.41, 5.74) is 3.67. The van der Waals surface area contributed by atoms with Gasteiger partial charge in [0.2, 0.25) is 5.91 Å². The number of nitrogens with one attached hydrogen (secondary N) is 1. The van der Waals surface area contributed by atoms with Gasteiger partial charge in [-0.25, -0.2) is 9.97 Å². The molecule has 0 fully saturated rings. The van der Waals surface area contributed by atoms with Crippen LogP contribution in [0.1, 0.15) is 12.5 Å². The number of halogens is 1. The van der Waals surface area contributed by atoms with E-state index in [-0.39, 0.29) is 5.91 Å². The van der Waals surface area contributed by atoms with Crippen LogP contribution in [0.3, 0.4) is 0 Å². The van der Waals surface area contributed by atoms with Gasteiger partial charge in [0, 0.05) is 40.0 Å². The van der Waals surface area contributed by atoms with Gasteiger partial charge in [-0.1, -0.05) is 25.6 Å². The quantitative estimate of drug-likeness (QED) is 0.503. The molecule has 0 atom stereocenters. The molecular formula is C15H14IN3O. The van der Waals surface area contributed by atoms with Gasteiger partial charge in [0.1, 0.15) is 0 Å². The van der Waals surface area contributed by atoms with Gasteiger partial charge in [0.15, 0.2) is 3.83 Å². The van der Waals surface area contributed by atoms with Crippen molar-refractivity contribution in [1.29, 1.82) is 0 Å². The number of benzene rings is 1. The topological polar surface area (TPSA) is 54.9 Å². The molecule has 1 N–H and O–H groups in total. The number of hydrogen-bond acceptors (Lipinski definition) is 3. The van der Waals surface area contributed by atoms with Gasteiger partial charge in [-0.2, -0.15) is 0 Å². The van der Waals surface area contributed by atoms with Crippen molar-refractivity contribution in [2.24, 2.45) is 0 Å². The van der Waals surface area contributed by atoms with E-state index in [0.29, 0.717) is 3.83 Å². The lowest BCUT2D eigenvalue weighted by Gasteiger charge is -2.09. The standard InChI is InChI=1S/C15H14IN3O/c1-3-10-9-17-15(16)19-14(10)11-6-5-7-12(8-11)18-13(20)4-2/h4-9H,2-3H2,1H3,(H,18,20). The smallest absolute Gasteiger partial charge is 0.247 e. The summed E-state index contributed by atoms with van der Waals surface area (Å²) < 4.78 is 0.704. The first-order valence-corrected chi connectivity index (χ1v) is 7.27. The molecule has 2 aromatic rings. The lowest BCUT2D eigenvalue weighted by atomic mass is 10.1. The van der Waals surface area contributed by atoms with Crippen molar-refractivity contribution in [2.75, 3.05) is 5.32 Å². The molecule has 1 aromatic carbocycles. The second-order valence-electron chi connectivity index (χ2n) is 4.14. The molecule has 1 aromatic heterocycles. The van der Waals surface area contributed by atoms with Gasteiger partial charge >= 0.3 is 0 Å². The fourth-order valence-electron chi connectivity index (χ4n) is 1.83. The molecule has 0 radical (unpaired) electrons. The van der Waals surface area contributed by atoms with Gasteiger partial charge in [-0.05, 0) is 30.2 Å². The molecule has 20 heavy (non-hydrogen) atoms. The minimum atomic E-state index is -0.227. The highest BCUT2D eigenvalue weighted by Gasteiger charge is 2.08. The second-order valence-corrected chi connectivity index (χ2v) is 5.11. The maximum Gasteiger partial charge on any atom is 0.247 e. The third-order valence-electron chi connectivity index (χ3n) is 2.80. The van der Waals surface area contributed by atoms with Gasteiger partial charge in [0.05, 0.1) is 5.69 Å². The molecule has 102 valence electrons. The number of aromatic nitrogens is 2. The number of rotatable bonds is 4. The zero-order valence-corrected chi connectivity index (χ0v) is 13.2. The Morgan fingerprint density at radius 1 is 1.50 bits per heavy atom. The summed E-state index contributed by atoms with van der Waals surface area (Å²) in [6.45, 7) is 5.51. The Hall–Kier alpha value is -1.76. The molecule has 0 saturated carbocycles. The van der Waals surface area contributed by atoms with E-state index in [1.54, 1.807) is 0 Å². The molecule has 1 amide bonds. The largest absolute Gasteiger partial charge is 0.323 e. The van der Waals surface area contributed by atoms with E-state index in [2.05, 4.69) is 51.4 Å². The highest BCUT2D eigenvalue weighted by atomic mass is 127. The van der Waals surface area contributed by atoms with Crippen molar-refractivity contribution < 1.29 is 4.79 Å². The van der Waals surface area contributed by atoms with Crippen LogP contribution in [0.5, 0.6) is 0 Å². The van der Waals surface area contributed by atoms with Crippen molar-refractivity contribution in [1.82, 2.24) is 9.97 Å². The maximum atomic E-state index is 11.4. The normalized spacial score (nSPS) is 10.1. The van der Waals surface area contributed by atoms with E-state index in [1.807, 2.05) is 30.5 Å². The highest BCUT2D eigenvalue weighted by molar-refractivity contribution is 14.1. The Kier molecular flexibility index (Phi) is 4.84. The zero-order valence-electron chi connectivity index (χ0n) is 11.1. The van der Waals surface area contributed by atoms with Crippen LogP contribution >= 0.6 is 22.6 Å². The summed E-state index contributed by atoms with van der Waals surface area (Å²) in [7, 11) is 0. The number of amides is 1. The molecule has 0 spiro atoms. The van der Waals surface area contributed by atoms with E-state index in [4.69, 9.17) is 0 Å². The predicted molar refractivity (Wildman–Crippen MR) is 88.4 cm³/mol. The van der Waals surface area contributed by atoms with Crippen LogP contribution in [0.2, 0.25) is 0 Å². The Morgan fingerprint density at radius 2 is 2.30 bits per heavy atom. The van der Waals surface area contributed by atoms with E-state index < -0.39 is 0 Å². The van der Waals surface area contributed by atoms with Crippen molar-refractivity contribution in [3.63, 3.8) is 0 Å². The molecule has 2 rings (SSSR count). The summed E-state index contributed by atoms with van der Waals surface area (Å²) in [5, 5.41) is 2.75. The highest BCUT2D eigenvalue weighted by Crippen LogP contribution is 2.24.